The van der Waals surface area contributed by atoms with Crippen molar-refractivity contribution in [2.24, 2.45) is 11.8 Å². The van der Waals surface area contributed by atoms with Gasteiger partial charge in [-0.25, -0.2) is 4.57 Å². The molecule has 0 aliphatic heterocycles. The van der Waals surface area contributed by atoms with Gasteiger partial charge < -0.3 is 30.0 Å². The average Bonchev–Trinajstić information content (AvgIpc) is 3.42. The molecular weight excluding hydrogens is 743 g/mol. The lowest BCUT2D eigenvalue weighted by Crippen LogP contribution is -2.45. The Bertz CT molecular complexity index is 1140. The summed E-state index contributed by atoms with van der Waals surface area (Å²) >= 11 is 0. The van der Waals surface area contributed by atoms with Gasteiger partial charge in [0.05, 0.1) is 52.1 Å². The second-order valence-electron chi connectivity index (χ2n) is 17.6. The molecule has 1 fully saturated rings. The molecule has 1 aliphatic carbocycles. The van der Waals surface area contributed by atoms with Crippen molar-refractivity contribution >= 4 is 19.5 Å². The fourth-order valence-electron chi connectivity index (χ4n) is 7.36. The van der Waals surface area contributed by atoms with Crippen molar-refractivity contribution in [3.05, 3.63) is 24.3 Å². The lowest BCUT2D eigenvalue weighted by Gasteiger charge is -2.25. The maximum absolute atomic E-state index is 13.0. The summed E-state index contributed by atoms with van der Waals surface area (Å²) in [4.78, 5) is 35.8. The van der Waals surface area contributed by atoms with Crippen LogP contribution in [0.4, 0.5) is 0 Å². The minimum absolute atomic E-state index is 0.0182. The number of phosphoric acid groups is 1. The molecule has 1 unspecified atom stereocenters. The molecule has 5 N–H and O–H groups in total. The van der Waals surface area contributed by atoms with Gasteiger partial charge in [-0.05, 0) is 38.0 Å². The Kier molecular flexibility index (Phi) is 30.4. The van der Waals surface area contributed by atoms with Gasteiger partial charge in [0.15, 0.2) is 0 Å². The smallest absolute Gasteiger partial charge is 0.392 e. The van der Waals surface area contributed by atoms with Gasteiger partial charge in [-0.1, -0.05) is 154 Å². The molecule has 0 radical (unpaired) electrons. The fourth-order valence-corrected chi connectivity index (χ4v) is 8.09. The number of hydrogen-bond acceptors (Lipinski definition) is 8. The highest BCUT2D eigenvalue weighted by Crippen LogP contribution is 2.43. The normalized spacial score (nSPS) is 20.4. The Hall–Kier alpha value is -1.43. The third-order valence-corrected chi connectivity index (χ3v) is 12.1. The van der Waals surface area contributed by atoms with Crippen LogP contribution in [0.5, 0.6) is 0 Å². The second kappa shape index (κ2) is 32.4. The largest absolute Gasteiger partial charge is 0.472 e. The third-order valence-electron chi connectivity index (χ3n) is 11.1. The van der Waals surface area contributed by atoms with Crippen LogP contribution in [0.2, 0.25) is 0 Å². The lowest BCUT2D eigenvalue weighted by molar-refractivity contribution is -0.870. The molecule has 0 saturated heterocycles. The highest BCUT2D eigenvalue weighted by Gasteiger charge is 2.39. The molecule has 7 atom stereocenters. The number of likely N-dealkylation sites (N-methyl/N-ethyl adjacent to an activating group) is 1. The second-order valence-corrected chi connectivity index (χ2v) is 19.0. The van der Waals surface area contributed by atoms with E-state index in [0.29, 0.717) is 30.3 Å². The molecule has 1 rings (SSSR count). The van der Waals surface area contributed by atoms with Gasteiger partial charge in [-0.3, -0.25) is 18.6 Å². The van der Waals surface area contributed by atoms with E-state index in [0.717, 1.165) is 57.8 Å². The van der Waals surface area contributed by atoms with Gasteiger partial charge in [0.1, 0.15) is 18.9 Å². The van der Waals surface area contributed by atoms with Crippen LogP contribution in [0.15, 0.2) is 24.3 Å². The quantitative estimate of drug-likeness (QED) is 0.0178. The van der Waals surface area contributed by atoms with Gasteiger partial charge in [0.2, 0.25) is 5.91 Å². The van der Waals surface area contributed by atoms with Gasteiger partial charge in [0, 0.05) is 18.8 Å². The number of ketones is 1. The Morgan fingerprint density at radius 2 is 1.39 bits per heavy atom. The highest BCUT2D eigenvalue weighted by atomic mass is 31.2. The Morgan fingerprint density at radius 3 is 2.00 bits per heavy atom. The average molecular weight is 830 g/mol. The number of unbranched alkanes of at least 4 members (excludes halogenated alkanes) is 18. The molecule has 0 aromatic rings. The van der Waals surface area contributed by atoms with E-state index in [9.17, 15) is 34.4 Å². The monoisotopic (exact) mass is 830 g/mol. The molecule has 1 saturated carbocycles. The van der Waals surface area contributed by atoms with Crippen LogP contribution < -0.4 is 5.32 Å². The number of carbonyl (C=O) groups is 2. The zero-order chi connectivity index (χ0) is 42.4. The zero-order valence-corrected chi connectivity index (χ0v) is 37.7. The Morgan fingerprint density at radius 1 is 0.825 bits per heavy atom. The van der Waals surface area contributed by atoms with Crippen molar-refractivity contribution in [3.63, 3.8) is 0 Å². The number of hydrogen-bond donors (Lipinski definition) is 5. The molecule has 0 spiro atoms. The summed E-state index contributed by atoms with van der Waals surface area (Å²) in [5.74, 6) is -0.813. The van der Waals surface area contributed by atoms with E-state index in [1.54, 1.807) is 18.2 Å². The topological polar surface area (TPSA) is 163 Å². The molecule has 11 nitrogen and oxygen atoms in total. The van der Waals surface area contributed by atoms with E-state index in [1.807, 2.05) is 27.2 Å². The number of carbonyl (C=O) groups excluding carboxylic acids is 2. The summed E-state index contributed by atoms with van der Waals surface area (Å²) in [5, 5.41) is 34.6. The lowest BCUT2D eigenvalue weighted by atomic mass is 9.88. The van der Waals surface area contributed by atoms with Gasteiger partial charge in [-0.15, -0.1) is 0 Å². The molecule has 1 aliphatic rings. The number of amides is 1. The number of aliphatic hydroxyl groups is 3. The maximum Gasteiger partial charge on any atom is 0.472 e. The van der Waals surface area contributed by atoms with E-state index in [-0.39, 0.29) is 49.6 Å². The standard InChI is InChI=1S/C45H85N2O9P/c1-6-8-10-11-12-13-14-15-16-17-18-19-20-21-26-30-42(49)41(37-56-57(53,54)55-35-34-47(3,4)5)46-45(52)31-27-23-22-25-29-39-40(44(51)36-43(39)50)33-32-38(48)28-24-9-7-2/h26,30,32-33,38-43,48-50H,6-25,27-29,31,34-37H2,1-5H3,(H-,46,52,53,54)/p+1/b30-26+,33-32+/t38-,39+,40+,41-,42+,43-/m0/s1. The number of nitrogens with zero attached hydrogens (tertiary/aromatic N) is 1. The molecule has 334 valence electrons. The first-order chi connectivity index (χ1) is 27.2. The highest BCUT2D eigenvalue weighted by molar-refractivity contribution is 7.47. The van der Waals surface area contributed by atoms with Crippen molar-refractivity contribution in [2.75, 3.05) is 40.9 Å². The predicted molar refractivity (Wildman–Crippen MR) is 232 cm³/mol. The van der Waals surface area contributed by atoms with Crippen LogP contribution in [0.25, 0.3) is 0 Å². The van der Waals surface area contributed by atoms with Crippen molar-refractivity contribution < 1.29 is 47.9 Å². The fraction of sp³-hybridized carbons (Fsp3) is 0.867. The molecule has 0 aromatic carbocycles. The van der Waals surface area contributed by atoms with Crippen LogP contribution in [0, 0.1) is 11.8 Å². The summed E-state index contributed by atoms with van der Waals surface area (Å²) < 4.78 is 23.5. The van der Waals surface area contributed by atoms with Gasteiger partial charge in [0.25, 0.3) is 0 Å². The van der Waals surface area contributed by atoms with E-state index in [4.69, 9.17) is 9.05 Å². The summed E-state index contributed by atoms with van der Waals surface area (Å²) in [5.41, 5.74) is 0. The first-order valence-corrected chi connectivity index (χ1v) is 24.3. The summed E-state index contributed by atoms with van der Waals surface area (Å²) in [6.45, 7) is 4.50. The van der Waals surface area contributed by atoms with E-state index < -0.39 is 32.2 Å². The van der Waals surface area contributed by atoms with Crippen molar-refractivity contribution in [2.45, 2.75) is 199 Å². The Labute approximate surface area is 347 Å². The van der Waals surface area contributed by atoms with Crippen LogP contribution in [-0.4, -0.2) is 102 Å². The van der Waals surface area contributed by atoms with Crippen molar-refractivity contribution in [1.82, 2.24) is 5.32 Å². The van der Waals surface area contributed by atoms with Crippen LogP contribution in [0.1, 0.15) is 174 Å². The van der Waals surface area contributed by atoms with E-state index >= 15 is 0 Å². The predicted octanol–water partition coefficient (Wildman–Crippen LogP) is 9.11. The number of nitrogens with one attached hydrogen (secondary N) is 1. The number of quaternary nitrogens is 1. The van der Waals surface area contributed by atoms with Crippen molar-refractivity contribution in [3.8, 4) is 0 Å². The number of Topliss-reactive ketones (excluding diaryl/α,β-unsaturated/α-hetero) is 1. The number of rotatable bonds is 37. The molecular formula is C45H86N2O9P+. The molecule has 0 aromatic heterocycles. The number of phosphoric ester groups is 1. The minimum atomic E-state index is -4.40. The summed E-state index contributed by atoms with van der Waals surface area (Å²) in [6.07, 6.45) is 29.9. The SMILES string of the molecule is CCCCCCCCCCCCCCC/C=C/[C@@H](O)[C@H](COP(=O)(O)OCC[N+](C)(C)C)NC(=O)CCCCCC[C@H]1[C@@H](O)CC(=O)[C@@H]1/C=C/[C@@H](O)CCCCC. The molecule has 12 heteroatoms. The molecule has 0 heterocycles. The van der Waals surface area contributed by atoms with Crippen LogP contribution >= 0.6 is 7.82 Å². The minimum Gasteiger partial charge on any atom is -0.392 e. The first kappa shape index (κ1) is 53.6. The number of aliphatic hydroxyl groups excluding tert-OH is 3. The third kappa shape index (κ3) is 28.6. The summed E-state index contributed by atoms with van der Waals surface area (Å²) in [7, 11) is 1.43. The van der Waals surface area contributed by atoms with Crippen LogP contribution in [-0.2, 0) is 23.2 Å². The van der Waals surface area contributed by atoms with E-state index in [1.165, 1.54) is 70.6 Å². The van der Waals surface area contributed by atoms with Gasteiger partial charge >= 0.3 is 7.82 Å². The van der Waals surface area contributed by atoms with Gasteiger partial charge in [-0.2, -0.15) is 0 Å². The maximum atomic E-state index is 13.0. The van der Waals surface area contributed by atoms with Crippen molar-refractivity contribution in [1.29, 1.82) is 0 Å². The zero-order valence-electron chi connectivity index (χ0n) is 36.8. The number of allylic oxidation sites excluding steroid dienone is 2. The summed E-state index contributed by atoms with van der Waals surface area (Å²) in [6, 6.07) is -0.931. The Balaban J connectivity index is 2.53. The molecule has 57 heavy (non-hydrogen) atoms. The van der Waals surface area contributed by atoms with Crippen LogP contribution in [0.3, 0.4) is 0 Å². The first-order valence-electron chi connectivity index (χ1n) is 22.8. The van der Waals surface area contributed by atoms with E-state index in [2.05, 4.69) is 19.2 Å². The molecule has 0 bridgehead atoms. The molecule has 1 amide bonds.